The van der Waals surface area contributed by atoms with Crippen LogP contribution in [-0.4, -0.2) is 20.7 Å². The van der Waals surface area contributed by atoms with E-state index >= 15 is 0 Å². The van der Waals surface area contributed by atoms with Crippen molar-refractivity contribution in [2.75, 3.05) is 6.61 Å². The fraction of sp³-hybridized carbons (Fsp3) is 0.188. The van der Waals surface area contributed by atoms with Crippen molar-refractivity contribution in [2.24, 2.45) is 5.10 Å². The van der Waals surface area contributed by atoms with Gasteiger partial charge >= 0.3 is 0 Å². The third kappa shape index (κ3) is 4.29. The van der Waals surface area contributed by atoms with E-state index in [0.29, 0.717) is 12.4 Å². The second kappa shape index (κ2) is 7.23. The van der Waals surface area contributed by atoms with Gasteiger partial charge in [0.05, 0.1) is 17.2 Å². The van der Waals surface area contributed by atoms with Crippen LogP contribution in [0.2, 0.25) is 0 Å². The highest BCUT2D eigenvalue weighted by Crippen LogP contribution is 2.16. The van der Waals surface area contributed by atoms with E-state index in [9.17, 15) is 12.8 Å². The summed E-state index contributed by atoms with van der Waals surface area (Å²) >= 11 is 0. The fourth-order valence-corrected chi connectivity index (χ4v) is 2.73. The molecule has 2 aromatic carbocycles. The number of hydrogen-bond acceptors (Lipinski definition) is 4. The van der Waals surface area contributed by atoms with Crippen molar-refractivity contribution in [3.8, 4) is 5.75 Å². The van der Waals surface area contributed by atoms with E-state index in [1.165, 1.54) is 31.2 Å². The van der Waals surface area contributed by atoms with Crippen LogP contribution in [0.25, 0.3) is 0 Å². The van der Waals surface area contributed by atoms with Crippen LogP contribution in [0.3, 0.4) is 0 Å². The van der Waals surface area contributed by atoms with Gasteiger partial charge in [-0.2, -0.15) is 18.4 Å². The van der Waals surface area contributed by atoms with Crippen molar-refractivity contribution in [2.45, 2.75) is 18.7 Å². The zero-order chi connectivity index (χ0) is 16.9. The number of nitrogens with zero attached hydrogens (tertiary/aromatic N) is 1. The van der Waals surface area contributed by atoms with Crippen LogP contribution in [0, 0.1) is 5.82 Å². The van der Waals surface area contributed by atoms with Crippen molar-refractivity contribution >= 4 is 15.7 Å². The molecular formula is C16H17FN2O3S. The molecule has 2 rings (SSSR count). The van der Waals surface area contributed by atoms with E-state index in [-0.39, 0.29) is 16.2 Å². The van der Waals surface area contributed by atoms with Gasteiger partial charge in [0.25, 0.3) is 10.0 Å². The van der Waals surface area contributed by atoms with Gasteiger partial charge in [0.2, 0.25) is 0 Å². The Morgan fingerprint density at radius 3 is 2.43 bits per heavy atom. The fourth-order valence-electron chi connectivity index (χ4n) is 1.88. The van der Waals surface area contributed by atoms with E-state index in [1.54, 1.807) is 24.3 Å². The van der Waals surface area contributed by atoms with Crippen molar-refractivity contribution < 1.29 is 17.5 Å². The molecule has 1 N–H and O–H groups in total. The monoisotopic (exact) mass is 336 g/mol. The molecule has 0 bridgehead atoms. The van der Waals surface area contributed by atoms with Crippen LogP contribution in [0.5, 0.6) is 5.75 Å². The zero-order valence-electron chi connectivity index (χ0n) is 12.8. The van der Waals surface area contributed by atoms with E-state index in [1.807, 2.05) is 6.92 Å². The Labute approximate surface area is 134 Å². The molecule has 122 valence electrons. The Balaban J connectivity index is 2.18. The maximum atomic E-state index is 13.6. The molecule has 0 aliphatic heterocycles. The second-order valence-electron chi connectivity index (χ2n) is 4.68. The maximum absolute atomic E-state index is 13.6. The largest absolute Gasteiger partial charge is 0.494 e. The Morgan fingerprint density at radius 2 is 1.83 bits per heavy atom. The Bertz CT molecular complexity index is 802. The lowest BCUT2D eigenvalue weighted by Crippen LogP contribution is -2.20. The van der Waals surface area contributed by atoms with Crippen molar-refractivity contribution in [1.82, 2.24) is 4.83 Å². The van der Waals surface area contributed by atoms with E-state index in [4.69, 9.17) is 4.74 Å². The molecule has 0 radical (unpaired) electrons. The molecule has 0 aromatic heterocycles. The lowest BCUT2D eigenvalue weighted by molar-refractivity contribution is 0.340. The number of sulfonamides is 1. The van der Waals surface area contributed by atoms with Gasteiger partial charge in [0.1, 0.15) is 11.6 Å². The Hall–Kier alpha value is -2.41. The summed E-state index contributed by atoms with van der Waals surface area (Å²) < 4.78 is 43.2. The lowest BCUT2D eigenvalue weighted by atomic mass is 10.1. The van der Waals surface area contributed by atoms with Crippen LogP contribution >= 0.6 is 0 Å². The molecule has 23 heavy (non-hydrogen) atoms. The van der Waals surface area contributed by atoms with Crippen molar-refractivity contribution in [3.63, 3.8) is 0 Å². The highest BCUT2D eigenvalue weighted by atomic mass is 32.2. The van der Waals surface area contributed by atoms with Gasteiger partial charge < -0.3 is 4.74 Å². The first-order valence-electron chi connectivity index (χ1n) is 6.98. The molecule has 0 unspecified atom stereocenters. The summed E-state index contributed by atoms with van der Waals surface area (Å²) in [6.45, 7) is 3.86. The highest BCUT2D eigenvalue weighted by Gasteiger charge is 2.13. The minimum atomic E-state index is -3.82. The average molecular weight is 336 g/mol. The van der Waals surface area contributed by atoms with Gasteiger partial charge in [-0.05, 0) is 44.2 Å². The average Bonchev–Trinajstić information content (AvgIpc) is 2.54. The van der Waals surface area contributed by atoms with Gasteiger partial charge in [-0.15, -0.1) is 0 Å². The van der Waals surface area contributed by atoms with Crippen molar-refractivity contribution in [3.05, 3.63) is 59.9 Å². The quantitative estimate of drug-likeness (QED) is 0.651. The van der Waals surface area contributed by atoms with Crippen LogP contribution < -0.4 is 9.57 Å². The second-order valence-corrected chi connectivity index (χ2v) is 6.34. The standard InChI is InChI=1S/C16H17FN2O3S/c1-3-22-13-8-10-14(11-9-13)23(20,21)19-18-12(2)15-6-4-5-7-16(15)17/h4-11,19H,3H2,1-2H3/b18-12-. The summed E-state index contributed by atoms with van der Waals surface area (Å²) in [6.07, 6.45) is 0. The summed E-state index contributed by atoms with van der Waals surface area (Å²) in [4.78, 5) is 2.15. The number of benzene rings is 2. The summed E-state index contributed by atoms with van der Waals surface area (Å²) in [7, 11) is -3.82. The molecule has 0 saturated heterocycles. The molecule has 0 amide bonds. The molecule has 0 saturated carbocycles. The third-order valence-electron chi connectivity index (χ3n) is 3.04. The van der Waals surface area contributed by atoms with Gasteiger partial charge in [-0.3, -0.25) is 0 Å². The topological polar surface area (TPSA) is 67.8 Å². The molecule has 0 atom stereocenters. The Kier molecular flexibility index (Phi) is 5.33. The number of ether oxygens (including phenoxy) is 1. The van der Waals surface area contributed by atoms with Crippen LogP contribution in [0.1, 0.15) is 19.4 Å². The van der Waals surface area contributed by atoms with Gasteiger partial charge in [-0.1, -0.05) is 18.2 Å². The molecule has 0 spiro atoms. The van der Waals surface area contributed by atoms with E-state index < -0.39 is 15.8 Å². The first-order chi connectivity index (χ1) is 10.9. The van der Waals surface area contributed by atoms with E-state index in [2.05, 4.69) is 9.93 Å². The summed E-state index contributed by atoms with van der Waals surface area (Å²) in [5.41, 5.74) is 0.472. The van der Waals surface area contributed by atoms with Gasteiger partial charge in [0.15, 0.2) is 0 Å². The first kappa shape index (κ1) is 17.0. The summed E-state index contributed by atoms with van der Waals surface area (Å²) in [5.74, 6) is 0.117. The normalized spacial score (nSPS) is 12.0. The Morgan fingerprint density at radius 1 is 1.17 bits per heavy atom. The number of hydrogen-bond donors (Lipinski definition) is 1. The van der Waals surface area contributed by atoms with Crippen LogP contribution in [0.4, 0.5) is 4.39 Å². The predicted octanol–water partition coefficient (Wildman–Crippen LogP) is 2.93. The van der Waals surface area contributed by atoms with Crippen LogP contribution in [0.15, 0.2) is 58.5 Å². The smallest absolute Gasteiger partial charge is 0.276 e. The summed E-state index contributed by atoms with van der Waals surface area (Å²) in [6, 6.07) is 12.0. The molecule has 7 heteroatoms. The number of hydrazone groups is 1. The maximum Gasteiger partial charge on any atom is 0.276 e. The molecule has 2 aromatic rings. The number of halogens is 1. The minimum Gasteiger partial charge on any atom is -0.494 e. The predicted molar refractivity (Wildman–Crippen MR) is 86.5 cm³/mol. The summed E-state index contributed by atoms with van der Waals surface area (Å²) in [5, 5.41) is 3.77. The molecule has 0 fully saturated rings. The molecule has 0 heterocycles. The minimum absolute atomic E-state index is 0.0473. The molecule has 0 aliphatic rings. The molecule has 5 nitrogen and oxygen atoms in total. The van der Waals surface area contributed by atoms with E-state index in [0.717, 1.165) is 0 Å². The van der Waals surface area contributed by atoms with Crippen LogP contribution in [-0.2, 0) is 10.0 Å². The van der Waals surface area contributed by atoms with Gasteiger partial charge in [-0.25, -0.2) is 4.39 Å². The zero-order valence-corrected chi connectivity index (χ0v) is 13.6. The third-order valence-corrected chi connectivity index (χ3v) is 4.27. The SMILES string of the molecule is CCOc1ccc(S(=O)(=O)N/N=C(/C)c2ccccc2F)cc1. The number of rotatable bonds is 6. The molecule has 0 aliphatic carbocycles. The molecular weight excluding hydrogens is 319 g/mol. The number of nitrogens with one attached hydrogen (secondary N) is 1. The van der Waals surface area contributed by atoms with Gasteiger partial charge in [0, 0.05) is 5.56 Å². The highest BCUT2D eigenvalue weighted by molar-refractivity contribution is 7.89. The lowest BCUT2D eigenvalue weighted by Gasteiger charge is -2.07. The first-order valence-corrected chi connectivity index (χ1v) is 8.46. The van der Waals surface area contributed by atoms with Crippen molar-refractivity contribution in [1.29, 1.82) is 0 Å².